The molecule has 0 saturated carbocycles. The lowest BCUT2D eigenvalue weighted by molar-refractivity contribution is 0.340. The average molecular weight is 189 g/mol. The van der Waals surface area contributed by atoms with Gasteiger partial charge in [0.1, 0.15) is 5.75 Å². The fourth-order valence-electron chi connectivity index (χ4n) is 0.744. The maximum absolute atomic E-state index is 5.79. The molecular formula is C8H9ClOS. The van der Waals surface area contributed by atoms with Gasteiger partial charge in [-0.05, 0) is 25.1 Å². The first-order valence-electron chi connectivity index (χ1n) is 3.35. The lowest BCUT2D eigenvalue weighted by Crippen LogP contribution is -1.90. The quantitative estimate of drug-likeness (QED) is 0.702. The molecule has 11 heavy (non-hydrogen) atoms. The summed E-state index contributed by atoms with van der Waals surface area (Å²) in [6.45, 7) is 2.59. The standard InChI is InChI=1S/C8H9ClOS/c1-2-10-6-3-4-8(11)7(9)5-6/h3-5,11H,2H2,1H3. The number of hydrogen-bond acceptors (Lipinski definition) is 2. The predicted molar refractivity (Wildman–Crippen MR) is 49.9 cm³/mol. The molecule has 0 aliphatic heterocycles. The normalized spacial score (nSPS) is 9.73. The minimum atomic E-state index is 0.624. The highest BCUT2D eigenvalue weighted by molar-refractivity contribution is 7.80. The van der Waals surface area contributed by atoms with E-state index in [0.717, 1.165) is 10.6 Å². The van der Waals surface area contributed by atoms with Crippen molar-refractivity contribution in [3.8, 4) is 5.75 Å². The van der Waals surface area contributed by atoms with E-state index in [1.54, 1.807) is 6.07 Å². The van der Waals surface area contributed by atoms with Crippen LogP contribution in [0.4, 0.5) is 0 Å². The largest absolute Gasteiger partial charge is 0.494 e. The Balaban J connectivity index is 2.86. The van der Waals surface area contributed by atoms with Crippen LogP contribution < -0.4 is 4.74 Å². The first-order chi connectivity index (χ1) is 5.24. The second-order valence-corrected chi connectivity index (χ2v) is 2.94. The molecule has 60 valence electrons. The van der Waals surface area contributed by atoms with Gasteiger partial charge in [-0.1, -0.05) is 11.6 Å². The number of thiol groups is 1. The summed E-state index contributed by atoms with van der Waals surface area (Å²) < 4.78 is 5.22. The Hall–Kier alpha value is -0.340. The van der Waals surface area contributed by atoms with Crippen LogP contribution in [0.3, 0.4) is 0 Å². The molecule has 0 atom stereocenters. The summed E-state index contributed by atoms with van der Waals surface area (Å²) in [5, 5.41) is 0.624. The third-order valence-electron chi connectivity index (χ3n) is 1.23. The van der Waals surface area contributed by atoms with Crippen molar-refractivity contribution < 1.29 is 4.74 Å². The van der Waals surface area contributed by atoms with Crippen molar-refractivity contribution in [1.82, 2.24) is 0 Å². The fourth-order valence-corrected chi connectivity index (χ4v) is 1.05. The van der Waals surface area contributed by atoms with Crippen molar-refractivity contribution in [3.05, 3.63) is 23.2 Å². The summed E-state index contributed by atoms with van der Waals surface area (Å²) in [6.07, 6.45) is 0. The van der Waals surface area contributed by atoms with Gasteiger partial charge in [0.2, 0.25) is 0 Å². The van der Waals surface area contributed by atoms with E-state index in [2.05, 4.69) is 12.6 Å². The molecule has 1 rings (SSSR count). The molecule has 1 aromatic rings. The van der Waals surface area contributed by atoms with Crippen molar-refractivity contribution in [2.45, 2.75) is 11.8 Å². The van der Waals surface area contributed by atoms with E-state index in [-0.39, 0.29) is 0 Å². The van der Waals surface area contributed by atoms with E-state index < -0.39 is 0 Å². The third-order valence-corrected chi connectivity index (χ3v) is 2.06. The van der Waals surface area contributed by atoms with Gasteiger partial charge in [0.15, 0.2) is 0 Å². The Morgan fingerprint density at radius 1 is 1.55 bits per heavy atom. The van der Waals surface area contributed by atoms with E-state index in [4.69, 9.17) is 16.3 Å². The van der Waals surface area contributed by atoms with E-state index in [1.807, 2.05) is 19.1 Å². The molecule has 0 bridgehead atoms. The zero-order valence-electron chi connectivity index (χ0n) is 6.17. The summed E-state index contributed by atoms with van der Waals surface area (Å²) in [6, 6.07) is 5.42. The van der Waals surface area contributed by atoms with Crippen LogP contribution in [0, 0.1) is 0 Å². The molecule has 0 aliphatic rings. The molecule has 3 heteroatoms. The van der Waals surface area contributed by atoms with Gasteiger partial charge < -0.3 is 4.74 Å². The SMILES string of the molecule is CCOc1ccc(S)c(Cl)c1. The van der Waals surface area contributed by atoms with E-state index in [1.165, 1.54) is 0 Å². The average Bonchev–Trinajstić information content (AvgIpc) is 1.98. The van der Waals surface area contributed by atoms with Crippen LogP contribution in [0.25, 0.3) is 0 Å². The van der Waals surface area contributed by atoms with Gasteiger partial charge in [0.05, 0.1) is 11.6 Å². The van der Waals surface area contributed by atoms with Crippen molar-refractivity contribution in [3.63, 3.8) is 0 Å². The van der Waals surface area contributed by atoms with Gasteiger partial charge >= 0.3 is 0 Å². The molecule has 0 fully saturated rings. The van der Waals surface area contributed by atoms with Crippen LogP contribution in [0.5, 0.6) is 5.75 Å². The van der Waals surface area contributed by atoms with E-state index in [0.29, 0.717) is 11.6 Å². The minimum Gasteiger partial charge on any atom is -0.494 e. The zero-order valence-corrected chi connectivity index (χ0v) is 7.82. The highest BCUT2D eigenvalue weighted by Crippen LogP contribution is 2.24. The molecule has 1 aromatic carbocycles. The molecule has 0 heterocycles. The summed E-state index contributed by atoms with van der Waals surface area (Å²) in [5.41, 5.74) is 0. The Bertz CT molecular complexity index is 250. The number of rotatable bonds is 2. The Kier molecular flexibility index (Phi) is 3.09. The molecule has 0 radical (unpaired) electrons. The maximum Gasteiger partial charge on any atom is 0.120 e. The lowest BCUT2D eigenvalue weighted by Gasteiger charge is -2.03. The molecule has 0 aliphatic carbocycles. The Morgan fingerprint density at radius 2 is 2.27 bits per heavy atom. The van der Waals surface area contributed by atoms with E-state index >= 15 is 0 Å². The first-order valence-corrected chi connectivity index (χ1v) is 4.18. The molecule has 0 amide bonds. The predicted octanol–water partition coefficient (Wildman–Crippen LogP) is 3.03. The zero-order chi connectivity index (χ0) is 8.27. The van der Waals surface area contributed by atoms with Gasteiger partial charge in [0, 0.05) is 4.90 Å². The second-order valence-electron chi connectivity index (χ2n) is 2.05. The molecule has 0 saturated heterocycles. The van der Waals surface area contributed by atoms with Gasteiger partial charge in [0.25, 0.3) is 0 Å². The summed E-state index contributed by atoms with van der Waals surface area (Å²) in [4.78, 5) is 0.773. The van der Waals surface area contributed by atoms with Crippen molar-refractivity contribution in [2.75, 3.05) is 6.61 Å². The molecule has 0 spiro atoms. The van der Waals surface area contributed by atoms with Crippen LogP contribution in [0.15, 0.2) is 23.1 Å². The van der Waals surface area contributed by atoms with E-state index in [9.17, 15) is 0 Å². The Morgan fingerprint density at radius 3 is 2.82 bits per heavy atom. The third kappa shape index (κ3) is 2.31. The van der Waals surface area contributed by atoms with Crippen LogP contribution >= 0.6 is 24.2 Å². The van der Waals surface area contributed by atoms with Crippen LogP contribution in [-0.4, -0.2) is 6.61 Å². The van der Waals surface area contributed by atoms with Gasteiger partial charge in [-0.3, -0.25) is 0 Å². The molecule has 0 unspecified atom stereocenters. The highest BCUT2D eigenvalue weighted by atomic mass is 35.5. The molecule has 0 N–H and O–H groups in total. The second kappa shape index (κ2) is 3.88. The van der Waals surface area contributed by atoms with Crippen molar-refractivity contribution >= 4 is 24.2 Å². The van der Waals surface area contributed by atoms with Crippen LogP contribution in [0.2, 0.25) is 5.02 Å². The van der Waals surface area contributed by atoms with Gasteiger partial charge in [-0.2, -0.15) is 0 Å². The summed E-state index contributed by atoms with van der Waals surface area (Å²) in [5.74, 6) is 0.787. The van der Waals surface area contributed by atoms with Crippen molar-refractivity contribution in [2.24, 2.45) is 0 Å². The maximum atomic E-state index is 5.79. The number of hydrogen-bond donors (Lipinski definition) is 1. The molecular weight excluding hydrogens is 180 g/mol. The topological polar surface area (TPSA) is 9.23 Å². The van der Waals surface area contributed by atoms with Crippen LogP contribution in [0.1, 0.15) is 6.92 Å². The lowest BCUT2D eigenvalue weighted by atomic mass is 10.3. The fraction of sp³-hybridized carbons (Fsp3) is 0.250. The summed E-state index contributed by atoms with van der Waals surface area (Å²) in [7, 11) is 0. The molecule has 1 nitrogen and oxygen atoms in total. The number of ether oxygens (including phenoxy) is 1. The van der Waals surface area contributed by atoms with Crippen molar-refractivity contribution in [1.29, 1.82) is 0 Å². The first kappa shape index (κ1) is 8.75. The summed E-state index contributed by atoms with van der Waals surface area (Å²) >= 11 is 9.92. The van der Waals surface area contributed by atoms with Crippen LogP contribution in [-0.2, 0) is 0 Å². The smallest absolute Gasteiger partial charge is 0.120 e. The highest BCUT2D eigenvalue weighted by Gasteiger charge is 1.97. The number of benzene rings is 1. The molecule has 0 aromatic heterocycles. The Labute approximate surface area is 76.7 Å². The minimum absolute atomic E-state index is 0.624. The van der Waals surface area contributed by atoms with Gasteiger partial charge in [-0.25, -0.2) is 0 Å². The van der Waals surface area contributed by atoms with Gasteiger partial charge in [-0.15, -0.1) is 12.6 Å². The monoisotopic (exact) mass is 188 g/mol. The number of halogens is 1.